The molecule has 2 atom stereocenters. The number of β-lactam (4-membered cyclic amide) rings is 1. The van der Waals surface area contributed by atoms with Gasteiger partial charge in [-0.2, -0.15) is 0 Å². The number of nitrogens with zero attached hydrogens (tertiary/aromatic N) is 2. The van der Waals surface area contributed by atoms with Gasteiger partial charge in [-0.3, -0.25) is 19.3 Å². The van der Waals surface area contributed by atoms with Crippen LogP contribution < -0.4 is 14.5 Å². The Morgan fingerprint density at radius 1 is 0.676 bits per heavy atom. The fraction of sp³-hybridized carbons (Fsp3) is 0.129. The molecule has 1 aliphatic carbocycles. The van der Waals surface area contributed by atoms with Gasteiger partial charge in [0.25, 0.3) is 5.91 Å². The summed E-state index contributed by atoms with van der Waals surface area (Å²) < 4.78 is 6.14. The minimum Gasteiger partial charge on any atom is -0.478 e. The fourth-order valence-electron chi connectivity index (χ4n) is 5.05. The highest BCUT2D eigenvalue weighted by molar-refractivity contribution is 6.28. The first-order chi connectivity index (χ1) is 17.9. The van der Waals surface area contributed by atoms with Crippen molar-refractivity contribution < 1.29 is 19.1 Å². The highest BCUT2D eigenvalue weighted by Gasteiger charge is 2.51. The molecule has 0 aromatic heterocycles. The summed E-state index contributed by atoms with van der Waals surface area (Å²) >= 11 is 0. The van der Waals surface area contributed by atoms with E-state index in [0.29, 0.717) is 28.0 Å². The molecular formula is C31H24N2O4. The van der Waals surface area contributed by atoms with Crippen LogP contribution in [0.5, 0.6) is 5.75 Å². The summed E-state index contributed by atoms with van der Waals surface area (Å²) in [4.78, 5) is 43.5. The Kier molecular flexibility index (Phi) is 5.37. The summed E-state index contributed by atoms with van der Waals surface area (Å²) in [6.07, 6.45) is -0.768. The van der Waals surface area contributed by atoms with Gasteiger partial charge in [-0.15, -0.1) is 0 Å². The minimum atomic E-state index is -0.768. The normalized spacial score (nSPS) is 18.1. The molecule has 6 rings (SSSR count). The molecule has 6 heteroatoms. The molecule has 4 aromatic carbocycles. The second-order valence-corrected chi connectivity index (χ2v) is 9.42. The van der Waals surface area contributed by atoms with Crippen molar-refractivity contribution in [1.82, 2.24) is 0 Å². The Morgan fingerprint density at radius 3 is 1.92 bits per heavy atom. The summed E-state index contributed by atoms with van der Waals surface area (Å²) in [5.41, 5.74) is 4.02. The van der Waals surface area contributed by atoms with Gasteiger partial charge >= 0.3 is 0 Å². The van der Waals surface area contributed by atoms with E-state index in [9.17, 15) is 14.4 Å². The largest absolute Gasteiger partial charge is 0.478 e. The molecule has 6 nitrogen and oxygen atoms in total. The molecule has 0 N–H and O–H groups in total. The van der Waals surface area contributed by atoms with Gasteiger partial charge in [-0.1, -0.05) is 48.5 Å². The van der Waals surface area contributed by atoms with Crippen LogP contribution >= 0.6 is 0 Å². The van der Waals surface area contributed by atoms with Gasteiger partial charge in [0.05, 0.1) is 0 Å². The lowest BCUT2D eigenvalue weighted by Crippen LogP contribution is -2.61. The number of para-hydroxylation sites is 1. The number of fused-ring (bicyclic) bond motifs is 2. The highest BCUT2D eigenvalue weighted by atomic mass is 16.5. The molecule has 1 amide bonds. The second kappa shape index (κ2) is 8.75. The fourth-order valence-corrected chi connectivity index (χ4v) is 5.05. The van der Waals surface area contributed by atoms with Crippen molar-refractivity contribution in [1.29, 1.82) is 0 Å². The quantitative estimate of drug-likeness (QED) is 0.324. The summed E-state index contributed by atoms with van der Waals surface area (Å²) in [5.74, 6) is 0.0540. The number of anilines is 2. The first-order valence-corrected chi connectivity index (χ1v) is 12.1. The number of benzene rings is 4. The number of carbonyl (C=O) groups is 3. The van der Waals surface area contributed by atoms with E-state index in [0.717, 1.165) is 16.9 Å². The van der Waals surface area contributed by atoms with Crippen molar-refractivity contribution in [2.75, 3.05) is 23.9 Å². The predicted molar refractivity (Wildman–Crippen MR) is 142 cm³/mol. The number of ketones is 2. The van der Waals surface area contributed by atoms with Gasteiger partial charge in [0.1, 0.15) is 11.8 Å². The molecule has 1 saturated heterocycles. The molecule has 0 spiro atoms. The van der Waals surface area contributed by atoms with E-state index < -0.39 is 12.1 Å². The third kappa shape index (κ3) is 3.69. The molecule has 4 aromatic rings. The number of amides is 1. The maximum absolute atomic E-state index is 13.4. The van der Waals surface area contributed by atoms with Crippen LogP contribution in [0.15, 0.2) is 97.1 Å². The van der Waals surface area contributed by atoms with Crippen LogP contribution in [0.1, 0.15) is 43.4 Å². The lowest BCUT2D eigenvalue weighted by molar-refractivity contribution is -0.135. The maximum Gasteiger partial charge on any atom is 0.271 e. The van der Waals surface area contributed by atoms with E-state index in [-0.39, 0.29) is 17.5 Å². The molecule has 2 unspecified atom stereocenters. The lowest BCUT2D eigenvalue weighted by Gasteiger charge is -2.47. The molecule has 0 saturated carbocycles. The maximum atomic E-state index is 13.4. The number of ether oxygens (including phenoxy) is 1. The zero-order chi connectivity index (χ0) is 25.7. The molecule has 1 heterocycles. The van der Waals surface area contributed by atoms with Gasteiger partial charge in [0, 0.05) is 47.7 Å². The van der Waals surface area contributed by atoms with Crippen molar-refractivity contribution in [2.45, 2.75) is 12.1 Å². The van der Waals surface area contributed by atoms with Gasteiger partial charge in [-0.05, 0) is 54.1 Å². The Balaban J connectivity index is 1.41. The molecule has 182 valence electrons. The first-order valence-electron chi connectivity index (χ1n) is 12.1. The number of rotatable bonds is 5. The van der Waals surface area contributed by atoms with Crippen molar-refractivity contribution in [3.8, 4) is 5.75 Å². The summed E-state index contributed by atoms with van der Waals surface area (Å²) in [5, 5.41) is 0. The average molecular weight is 489 g/mol. The van der Waals surface area contributed by atoms with Gasteiger partial charge in [0.2, 0.25) is 6.10 Å². The highest BCUT2D eigenvalue weighted by Crippen LogP contribution is 2.43. The van der Waals surface area contributed by atoms with Gasteiger partial charge in [-0.25, -0.2) is 0 Å². The SMILES string of the molecule is CN(C)c1ccc(N2C(=O)C(Oc3ccccc3)C2c2ccc3c(c2)C(=O)c2ccccc2C3=O)cc1. The second-order valence-electron chi connectivity index (χ2n) is 9.42. The number of carbonyl (C=O) groups excluding carboxylic acids is 3. The smallest absolute Gasteiger partial charge is 0.271 e. The molecule has 1 fully saturated rings. The van der Waals surface area contributed by atoms with Crippen molar-refractivity contribution >= 4 is 28.8 Å². The van der Waals surface area contributed by atoms with Crippen LogP contribution in [0.25, 0.3) is 0 Å². The molecule has 0 radical (unpaired) electrons. The lowest BCUT2D eigenvalue weighted by atomic mass is 9.81. The summed E-state index contributed by atoms with van der Waals surface area (Å²) in [6, 6.07) is 28.6. The van der Waals surface area contributed by atoms with Crippen LogP contribution in [0, 0.1) is 0 Å². The van der Waals surface area contributed by atoms with E-state index in [2.05, 4.69) is 0 Å². The monoisotopic (exact) mass is 488 g/mol. The third-order valence-electron chi connectivity index (χ3n) is 6.99. The van der Waals surface area contributed by atoms with E-state index >= 15 is 0 Å². The van der Waals surface area contributed by atoms with E-state index in [1.54, 1.807) is 41.3 Å². The Bertz CT molecular complexity index is 1540. The van der Waals surface area contributed by atoms with Crippen LogP contribution in [0.2, 0.25) is 0 Å². The minimum absolute atomic E-state index is 0.170. The van der Waals surface area contributed by atoms with Crippen molar-refractivity contribution in [3.05, 3.63) is 125 Å². The Labute approximate surface area is 214 Å². The first kappa shape index (κ1) is 22.7. The summed E-state index contributed by atoms with van der Waals surface area (Å²) in [7, 11) is 3.92. The van der Waals surface area contributed by atoms with Gasteiger partial charge in [0.15, 0.2) is 11.6 Å². The molecule has 1 aliphatic heterocycles. The van der Waals surface area contributed by atoms with Crippen molar-refractivity contribution in [2.24, 2.45) is 0 Å². The zero-order valence-corrected chi connectivity index (χ0v) is 20.4. The zero-order valence-electron chi connectivity index (χ0n) is 20.4. The van der Waals surface area contributed by atoms with Gasteiger partial charge < -0.3 is 9.64 Å². The summed E-state index contributed by atoms with van der Waals surface area (Å²) in [6.45, 7) is 0. The van der Waals surface area contributed by atoms with Crippen LogP contribution in [-0.4, -0.2) is 37.7 Å². The van der Waals surface area contributed by atoms with E-state index in [1.807, 2.05) is 79.7 Å². The van der Waals surface area contributed by atoms with Crippen molar-refractivity contribution in [3.63, 3.8) is 0 Å². The average Bonchev–Trinajstić information content (AvgIpc) is 2.93. The number of hydrogen-bond acceptors (Lipinski definition) is 5. The molecule has 2 aliphatic rings. The van der Waals surface area contributed by atoms with E-state index in [4.69, 9.17) is 4.74 Å². The third-order valence-corrected chi connectivity index (χ3v) is 6.99. The Morgan fingerprint density at radius 2 is 1.27 bits per heavy atom. The van der Waals surface area contributed by atoms with Crippen LogP contribution in [-0.2, 0) is 4.79 Å². The molecule has 0 bridgehead atoms. The molecule has 37 heavy (non-hydrogen) atoms. The predicted octanol–water partition coefficient (Wildman–Crippen LogP) is 5.06. The number of hydrogen-bond donors (Lipinski definition) is 0. The Hall–Kier alpha value is -4.71. The van der Waals surface area contributed by atoms with Crippen LogP contribution in [0.4, 0.5) is 11.4 Å². The van der Waals surface area contributed by atoms with Crippen LogP contribution in [0.3, 0.4) is 0 Å². The topological polar surface area (TPSA) is 66.9 Å². The van der Waals surface area contributed by atoms with E-state index in [1.165, 1.54) is 0 Å². The molecular weight excluding hydrogens is 464 g/mol. The standard InChI is InChI=1S/C31H24N2O4/c1-32(2)20-13-15-21(16-14-20)33-27(30(31(33)36)37-22-8-4-3-5-9-22)19-12-17-25-26(18-19)29(35)24-11-7-6-10-23(24)28(25)34/h3-18,27,30H,1-2H3.